The number of likely N-dealkylation sites (N-methyl/N-ethyl adjacent to an activating group) is 1. The molecular weight excluding hydrogens is 410 g/mol. The molecule has 3 aliphatic carbocycles. The second-order valence-electron chi connectivity index (χ2n) is 9.19. The quantitative estimate of drug-likeness (QED) is 0.561. The van der Waals surface area contributed by atoms with Gasteiger partial charge in [-0.15, -0.1) is 0 Å². The average molecular weight is 439 g/mol. The third-order valence-electron chi connectivity index (χ3n) is 7.79. The van der Waals surface area contributed by atoms with E-state index in [4.69, 9.17) is 8.85 Å². The number of piperidine rings is 1. The zero-order valence-corrected chi connectivity index (χ0v) is 16.9. The third kappa shape index (κ3) is 1.94. The minimum Gasteiger partial charge on any atom is -1.00 e. The van der Waals surface area contributed by atoms with Gasteiger partial charge < -0.3 is 36.4 Å². The standard InChI is InChI=1S/C21H25NO4.BrH/c1-22(11-12-2-3-12)9-8-20-17-13-4-5-14(23)18(17)26-19(20)15(24)6-7-21(20,25)16(22)10-13;/h4-5,12,16,19,25H,2-3,6-11H2,1H3;1H/t16-,19+,20+,21-,22?;/m1./s1/i6D2,19D;. The minimum atomic E-state index is -2.37. The number of halogens is 1. The minimum absolute atomic E-state index is 0. The molecule has 1 aromatic carbocycles. The van der Waals surface area contributed by atoms with Crippen LogP contribution in [0.2, 0.25) is 0 Å². The van der Waals surface area contributed by atoms with Crippen molar-refractivity contribution in [3.05, 3.63) is 23.3 Å². The molecule has 1 spiro atoms. The van der Waals surface area contributed by atoms with Gasteiger partial charge in [-0.3, -0.25) is 4.79 Å². The lowest BCUT2D eigenvalue weighted by molar-refractivity contribution is -0.950. The van der Waals surface area contributed by atoms with Gasteiger partial charge in [-0.1, -0.05) is 6.07 Å². The van der Waals surface area contributed by atoms with Crippen molar-refractivity contribution in [3.8, 4) is 11.5 Å². The second-order valence-corrected chi connectivity index (χ2v) is 9.19. The van der Waals surface area contributed by atoms with E-state index in [-0.39, 0.29) is 40.9 Å². The van der Waals surface area contributed by atoms with Crippen molar-refractivity contribution in [2.24, 2.45) is 5.92 Å². The molecule has 2 saturated carbocycles. The summed E-state index contributed by atoms with van der Waals surface area (Å²) in [4.78, 5) is 13.2. The van der Waals surface area contributed by atoms with Crippen molar-refractivity contribution < 1.29 is 45.3 Å². The number of quaternary nitrogens is 1. The van der Waals surface area contributed by atoms with Crippen LogP contribution in [0.25, 0.3) is 0 Å². The zero-order valence-electron chi connectivity index (χ0n) is 18.3. The van der Waals surface area contributed by atoms with E-state index in [9.17, 15) is 15.0 Å². The summed E-state index contributed by atoms with van der Waals surface area (Å²) in [6.45, 7) is 1.62. The number of nitrogens with zero attached hydrogens (tertiary/aromatic N) is 1. The molecule has 6 rings (SSSR count). The molecule has 0 radical (unpaired) electrons. The van der Waals surface area contributed by atoms with Gasteiger partial charge in [0.2, 0.25) is 0 Å². The number of Topliss-reactive ketones (excluding diaryl/α,β-unsaturated/α-hetero) is 1. The Morgan fingerprint density at radius 2 is 2.19 bits per heavy atom. The van der Waals surface area contributed by atoms with Crippen LogP contribution in [0.1, 0.15) is 47.3 Å². The van der Waals surface area contributed by atoms with Gasteiger partial charge in [-0.2, -0.15) is 0 Å². The van der Waals surface area contributed by atoms with Crippen molar-refractivity contribution in [3.63, 3.8) is 0 Å². The molecule has 5 nitrogen and oxygen atoms in total. The van der Waals surface area contributed by atoms with E-state index >= 15 is 0 Å². The maximum atomic E-state index is 13.2. The smallest absolute Gasteiger partial charge is 0.174 e. The molecule has 2 bridgehead atoms. The topological polar surface area (TPSA) is 66.8 Å². The van der Waals surface area contributed by atoms with Gasteiger partial charge in [-0.05, 0) is 30.9 Å². The molecule has 5 atom stereocenters. The van der Waals surface area contributed by atoms with Gasteiger partial charge in [0.25, 0.3) is 0 Å². The van der Waals surface area contributed by atoms with Crippen LogP contribution in [0.4, 0.5) is 0 Å². The van der Waals surface area contributed by atoms with E-state index in [2.05, 4.69) is 7.05 Å². The van der Waals surface area contributed by atoms with Crippen LogP contribution in [0, 0.1) is 5.92 Å². The Balaban J connectivity index is 0.00000193. The largest absolute Gasteiger partial charge is 1.00 e. The number of aromatic hydroxyl groups is 1. The molecule has 5 aliphatic rings. The summed E-state index contributed by atoms with van der Waals surface area (Å²) in [6.07, 6.45) is -1.72. The first-order chi connectivity index (χ1) is 13.5. The first-order valence-electron chi connectivity index (χ1n) is 11.1. The highest BCUT2D eigenvalue weighted by Gasteiger charge is 2.76. The number of phenolic OH excluding ortho intramolecular Hbond substituents is 1. The molecule has 1 aromatic rings. The molecule has 146 valence electrons. The molecule has 2 aliphatic heterocycles. The zero-order chi connectivity index (χ0) is 20.6. The van der Waals surface area contributed by atoms with Crippen LogP contribution in [-0.4, -0.2) is 58.3 Å². The fourth-order valence-electron chi connectivity index (χ4n) is 6.41. The number of ketones is 1. The number of likely N-dealkylation sites (tertiary alicyclic amines) is 1. The Labute approximate surface area is 173 Å². The molecule has 2 heterocycles. The fraction of sp³-hybridized carbons (Fsp3) is 0.667. The predicted molar refractivity (Wildman–Crippen MR) is 94.1 cm³/mol. The number of aliphatic hydroxyl groups is 1. The molecule has 6 heteroatoms. The lowest BCUT2D eigenvalue weighted by Gasteiger charge is -2.64. The molecule has 1 unspecified atom stereocenters. The van der Waals surface area contributed by atoms with Crippen molar-refractivity contribution >= 4 is 5.78 Å². The van der Waals surface area contributed by atoms with E-state index in [1.165, 1.54) is 18.9 Å². The lowest BCUT2D eigenvalue weighted by atomic mass is 9.48. The Bertz CT molecular complexity index is 987. The van der Waals surface area contributed by atoms with E-state index in [0.717, 1.165) is 12.1 Å². The Hall–Kier alpha value is -1.11. The highest BCUT2D eigenvalue weighted by atomic mass is 79.9. The van der Waals surface area contributed by atoms with E-state index in [1.54, 1.807) is 0 Å². The molecule has 1 saturated heterocycles. The number of carbonyl (C=O) groups excluding carboxylic acids is 1. The molecule has 2 N–H and O–H groups in total. The number of hydrogen-bond donors (Lipinski definition) is 2. The molecule has 0 amide bonds. The Morgan fingerprint density at radius 1 is 1.41 bits per heavy atom. The SMILES string of the molecule is [2H]C1([2H])C[C@@]2(O)[C@H]3Cc4ccc(O)c5c4[C@@]2(CC[N+]3(C)CC2CC2)[C@@]([2H])(O5)C1=O.[Br-]. The van der Waals surface area contributed by atoms with Crippen LogP contribution in [-0.2, 0) is 16.6 Å². The average Bonchev–Trinajstić information content (AvgIpc) is 3.37. The molecular formula is C21H26BrNO4. The van der Waals surface area contributed by atoms with Crippen molar-refractivity contribution in [1.82, 2.24) is 0 Å². The van der Waals surface area contributed by atoms with Crippen LogP contribution in [0.5, 0.6) is 11.5 Å². The molecule has 27 heavy (non-hydrogen) atoms. The monoisotopic (exact) mass is 438 g/mol. The van der Waals surface area contributed by atoms with Crippen molar-refractivity contribution in [2.45, 2.75) is 61.6 Å². The first kappa shape index (κ1) is 14.8. The van der Waals surface area contributed by atoms with E-state index in [0.29, 0.717) is 35.4 Å². The number of hydrogen-bond acceptors (Lipinski definition) is 4. The summed E-state index contributed by atoms with van der Waals surface area (Å²) in [7, 11) is 2.13. The van der Waals surface area contributed by atoms with Crippen LogP contribution in [0.3, 0.4) is 0 Å². The Morgan fingerprint density at radius 3 is 2.93 bits per heavy atom. The number of rotatable bonds is 2. The predicted octanol–water partition coefficient (Wildman–Crippen LogP) is -1.33. The van der Waals surface area contributed by atoms with E-state index in [1.807, 2.05) is 6.07 Å². The normalized spacial score (nSPS) is 49.8. The maximum absolute atomic E-state index is 13.2. The van der Waals surface area contributed by atoms with Crippen LogP contribution >= 0.6 is 0 Å². The Kier molecular flexibility index (Phi) is 2.90. The van der Waals surface area contributed by atoms with Crippen LogP contribution < -0.4 is 21.7 Å². The molecule has 0 aromatic heterocycles. The van der Waals surface area contributed by atoms with E-state index < -0.39 is 29.3 Å². The highest BCUT2D eigenvalue weighted by molar-refractivity contribution is 5.90. The first-order valence-corrected chi connectivity index (χ1v) is 9.64. The van der Waals surface area contributed by atoms with Crippen molar-refractivity contribution in [1.29, 1.82) is 0 Å². The van der Waals surface area contributed by atoms with Crippen LogP contribution in [0.15, 0.2) is 12.1 Å². The van der Waals surface area contributed by atoms with Gasteiger partial charge in [-0.25, -0.2) is 0 Å². The third-order valence-corrected chi connectivity index (χ3v) is 7.79. The maximum Gasteiger partial charge on any atom is 0.174 e. The van der Waals surface area contributed by atoms with Crippen molar-refractivity contribution in [2.75, 3.05) is 20.1 Å². The lowest BCUT2D eigenvalue weighted by Crippen LogP contribution is -3.00. The summed E-state index contributed by atoms with van der Waals surface area (Å²) in [5.41, 5.74) is -1.49. The van der Waals surface area contributed by atoms with Gasteiger partial charge >= 0.3 is 0 Å². The number of phenols is 1. The van der Waals surface area contributed by atoms with Gasteiger partial charge in [0, 0.05) is 33.4 Å². The highest BCUT2D eigenvalue weighted by Crippen LogP contribution is 2.65. The van der Waals surface area contributed by atoms with Gasteiger partial charge in [0.1, 0.15) is 11.6 Å². The summed E-state index contributed by atoms with van der Waals surface area (Å²) in [5, 5.41) is 22.8. The summed E-state index contributed by atoms with van der Waals surface area (Å²) in [5.74, 6) is -0.403. The fourth-order valence-corrected chi connectivity index (χ4v) is 6.41. The number of carbonyl (C=O) groups is 1. The summed E-state index contributed by atoms with van der Waals surface area (Å²) in [6, 6.07) is 3.02. The number of benzene rings is 1. The summed E-state index contributed by atoms with van der Waals surface area (Å²) >= 11 is 0. The van der Waals surface area contributed by atoms with Gasteiger partial charge in [0.15, 0.2) is 23.4 Å². The number of ether oxygens (including phenoxy) is 1. The molecule has 3 fully saturated rings. The summed E-state index contributed by atoms with van der Waals surface area (Å²) < 4.78 is 32.4. The second kappa shape index (κ2) is 5.28. The van der Waals surface area contributed by atoms with Gasteiger partial charge in [0.05, 0.1) is 26.9 Å².